The molecule has 2 fully saturated rings. The average Bonchev–Trinajstić information content (AvgIpc) is 2.47. The highest BCUT2D eigenvalue weighted by molar-refractivity contribution is 7.99. The molecule has 2 rings (SSSR count). The highest BCUT2D eigenvalue weighted by Crippen LogP contribution is 2.21. The topological polar surface area (TPSA) is 15.3 Å². The van der Waals surface area contributed by atoms with Crippen molar-refractivity contribution in [1.82, 2.24) is 10.2 Å². The predicted molar refractivity (Wildman–Crippen MR) is 59.4 cm³/mol. The van der Waals surface area contributed by atoms with Crippen LogP contribution in [0.1, 0.15) is 19.3 Å². The number of hydrogen-bond donors (Lipinski definition) is 1. The first-order valence-corrected chi connectivity index (χ1v) is 6.65. The number of rotatable bonds is 1. The van der Waals surface area contributed by atoms with E-state index >= 15 is 0 Å². The Bertz CT molecular complexity index is 138. The van der Waals surface area contributed by atoms with Crippen LogP contribution in [0.3, 0.4) is 0 Å². The molecule has 2 aliphatic heterocycles. The second-order valence-corrected chi connectivity index (χ2v) is 5.21. The third-order valence-electron chi connectivity index (χ3n) is 3.08. The fourth-order valence-corrected chi connectivity index (χ4v) is 3.36. The summed E-state index contributed by atoms with van der Waals surface area (Å²) < 4.78 is 0. The standard InChI is InChI=1S/C10H20N2S/c1-4-11-5-7-12(6-1)10-2-8-13-9-3-10/h10-11H,1-9H2. The van der Waals surface area contributed by atoms with Gasteiger partial charge in [0.25, 0.3) is 0 Å². The first kappa shape index (κ1) is 9.81. The molecule has 0 saturated carbocycles. The van der Waals surface area contributed by atoms with Crippen molar-refractivity contribution in [3.05, 3.63) is 0 Å². The summed E-state index contributed by atoms with van der Waals surface area (Å²) in [5.41, 5.74) is 0. The lowest BCUT2D eigenvalue weighted by molar-refractivity contribution is 0.198. The van der Waals surface area contributed by atoms with Gasteiger partial charge in [0, 0.05) is 19.1 Å². The lowest BCUT2D eigenvalue weighted by atomic mass is 10.1. The summed E-state index contributed by atoms with van der Waals surface area (Å²) in [6.45, 7) is 5.01. The molecule has 0 aliphatic carbocycles. The number of thioether (sulfide) groups is 1. The van der Waals surface area contributed by atoms with Gasteiger partial charge in [-0.2, -0.15) is 11.8 Å². The maximum atomic E-state index is 3.47. The maximum absolute atomic E-state index is 3.47. The van der Waals surface area contributed by atoms with Gasteiger partial charge in [-0.1, -0.05) is 0 Å². The van der Waals surface area contributed by atoms with E-state index in [0.717, 1.165) is 6.04 Å². The van der Waals surface area contributed by atoms with Crippen LogP contribution in [0.15, 0.2) is 0 Å². The molecule has 0 spiro atoms. The van der Waals surface area contributed by atoms with Gasteiger partial charge in [-0.25, -0.2) is 0 Å². The van der Waals surface area contributed by atoms with Gasteiger partial charge in [-0.05, 0) is 43.9 Å². The highest BCUT2D eigenvalue weighted by atomic mass is 32.2. The van der Waals surface area contributed by atoms with Gasteiger partial charge in [-0.15, -0.1) is 0 Å². The van der Waals surface area contributed by atoms with E-state index in [2.05, 4.69) is 22.0 Å². The molecule has 3 heteroatoms. The smallest absolute Gasteiger partial charge is 0.0111 e. The molecule has 0 unspecified atom stereocenters. The second kappa shape index (κ2) is 5.23. The molecular formula is C10H20N2S. The van der Waals surface area contributed by atoms with Gasteiger partial charge in [0.1, 0.15) is 0 Å². The van der Waals surface area contributed by atoms with Crippen LogP contribution in [0.25, 0.3) is 0 Å². The van der Waals surface area contributed by atoms with Gasteiger partial charge in [-0.3, -0.25) is 4.90 Å². The van der Waals surface area contributed by atoms with Gasteiger partial charge >= 0.3 is 0 Å². The normalized spacial score (nSPS) is 28.6. The fourth-order valence-electron chi connectivity index (χ4n) is 2.28. The van der Waals surface area contributed by atoms with Crippen LogP contribution in [-0.2, 0) is 0 Å². The summed E-state index contributed by atoms with van der Waals surface area (Å²) in [5, 5.41) is 3.47. The van der Waals surface area contributed by atoms with Crippen molar-refractivity contribution in [3.63, 3.8) is 0 Å². The van der Waals surface area contributed by atoms with Crippen molar-refractivity contribution >= 4 is 11.8 Å². The predicted octanol–water partition coefficient (Wildman–Crippen LogP) is 1.18. The fraction of sp³-hybridized carbons (Fsp3) is 1.00. The van der Waals surface area contributed by atoms with Crippen molar-refractivity contribution in [1.29, 1.82) is 0 Å². The van der Waals surface area contributed by atoms with Crippen LogP contribution < -0.4 is 5.32 Å². The zero-order valence-electron chi connectivity index (χ0n) is 8.30. The minimum Gasteiger partial charge on any atom is -0.315 e. The molecule has 2 saturated heterocycles. The van der Waals surface area contributed by atoms with E-state index in [1.165, 1.54) is 56.9 Å². The van der Waals surface area contributed by atoms with Crippen molar-refractivity contribution < 1.29 is 0 Å². The Kier molecular flexibility index (Phi) is 3.94. The third kappa shape index (κ3) is 2.86. The molecule has 0 amide bonds. The summed E-state index contributed by atoms with van der Waals surface area (Å²) in [5.74, 6) is 2.77. The molecule has 2 nitrogen and oxygen atoms in total. The first-order valence-electron chi connectivity index (χ1n) is 5.49. The number of hydrogen-bond acceptors (Lipinski definition) is 3. The zero-order chi connectivity index (χ0) is 8.93. The summed E-state index contributed by atoms with van der Waals surface area (Å²) in [6.07, 6.45) is 4.18. The van der Waals surface area contributed by atoms with Crippen molar-refractivity contribution in [2.45, 2.75) is 25.3 Å². The average molecular weight is 200 g/mol. The Hall–Kier alpha value is 0.270. The molecule has 76 valence electrons. The quantitative estimate of drug-likeness (QED) is 0.684. The van der Waals surface area contributed by atoms with Gasteiger partial charge in [0.15, 0.2) is 0 Å². The van der Waals surface area contributed by atoms with Crippen molar-refractivity contribution in [2.75, 3.05) is 37.7 Å². The molecule has 2 heterocycles. The van der Waals surface area contributed by atoms with E-state index in [4.69, 9.17) is 0 Å². The molecule has 0 bridgehead atoms. The third-order valence-corrected chi connectivity index (χ3v) is 4.13. The van der Waals surface area contributed by atoms with Gasteiger partial charge in [0.05, 0.1) is 0 Å². The van der Waals surface area contributed by atoms with Crippen LogP contribution in [0.4, 0.5) is 0 Å². The van der Waals surface area contributed by atoms with E-state index in [9.17, 15) is 0 Å². The molecule has 0 aromatic carbocycles. The molecule has 2 aliphatic rings. The second-order valence-electron chi connectivity index (χ2n) is 3.98. The zero-order valence-corrected chi connectivity index (χ0v) is 9.11. The van der Waals surface area contributed by atoms with Gasteiger partial charge < -0.3 is 5.32 Å². The van der Waals surface area contributed by atoms with E-state index in [1.807, 2.05) is 0 Å². The summed E-state index contributed by atoms with van der Waals surface area (Å²) in [7, 11) is 0. The van der Waals surface area contributed by atoms with E-state index < -0.39 is 0 Å². The monoisotopic (exact) mass is 200 g/mol. The molecule has 0 atom stereocenters. The van der Waals surface area contributed by atoms with Crippen LogP contribution in [0, 0.1) is 0 Å². The van der Waals surface area contributed by atoms with Crippen LogP contribution >= 0.6 is 11.8 Å². The maximum Gasteiger partial charge on any atom is 0.0111 e. The minimum atomic E-state index is 0.904. The largest absolute Gasteiger partial charge is 0.315 e. The Morgan fingerprint density at radius 2 is 1.92 bits per heavy atom. The first-order chi connectivity index (χ1) is 6.47. The van der Waals surface area contributed by atoms with Gasteiger partial charge in [0.2, 0.25) is 0 Å². The lowest BCUT2D eigenvalue weighted by Gasteiger charge is -2.32. The molecule has 1 N–H and O–H groups in total. The number of nitrogens with one attached hydrogen (secondary N) is 1. The van der Waals surface area contributed by atoms with Crippen molar-refractivity contribution in [2.24, 2.45) is 0 Å². The van der Waals surface area contributed by atoms with E-state index in [1.54, 1.807) is 0 Å². The Morgan fingerprint density at radius 3 is 2.77 bits per heavy atom. The summed E-state index contributed by atoms with van der Waals surface area (Å²) in [4.78, 5) is 2.71. The summed E-state index contributed by atoms with van der Waals surface area (Å²) >= 11 is 2.13. The SMILES string of the molecule is C1CNCCN(C2CCSCC2)C1. The van der Waals surface area contributed by atoms with Crippen molar-refractivity contribution in [3.8, 4) is 0 Å². The highest BCUT2D eigenvalue weighted by Gasteiger charge is 2.21. The van der Waals surface area contributed by atoms with Crippen LogP contribution in [-0.4, -0.2) is 48.6 Å². The van der Waals surface area contributed by atoms with Crippen LogP contribution in [0.5, 0.6) is 0 Å². The Balaban J connectivity index is 1.82. The molecule has 0 aromatic rings. The Labute approximate surface area is 85.4 Å². The molecule has 0 aromatic heterocycles. The molecule has 0 radical (unpaired) electrons. The number of nitrogens with zero attached hydrogens (tertiary/aromatic N) is 1. The van der Waals surface area contributed by atoms with Crippen LogP contribution in [0.2, 0.25) is 0 Å². The Morgan fingerprint density at radius 1 is 1.08 bits per heavy atom. The minimum absolute atomic E-state index is 0.904. The summed E-state index contributed by atoms with van der Waals surface area (Å²) in [6, 6.07) is 0.904. The molecular weight excluding hydrogens is 180 g/mol. The lowest BCUT2D eigenvalue weighted by Crippen LogP contribution is -2.39. The molecule has 13 heavy (non-hydrogen) atoms. The van der Waals surface area contributed by atoms with E-state index in [0.29, 0.717) is 0 Å². The van der Waals surface area contributed by atoms with E-state index in [-0.39, 0.29) is 0 Å².